The van der Waals surface area contributed by atoms with Gasteiger partial charge in [0.2, 0.25) is 0 Å². The summed E-state index contributed by atoms with van der Waals surface area (Å²) in [4.78, 5) is 11.6. The van der Waals surface area contributed by atoms with Crippen LogP contribution >= 0.6 is 11.6 Å². The fraction of sp³-hybridized carbons (Fsp3) is 0.500. The first kappa shape index (κ1) is 14.2. The maximum absolute atomic E-state index is 11.6. The van der Waals surface area contributed by atoms with Crippen LogP contribution in [0.2, 0.25) is 5.02 Å². The Morgan fingerprint density at radius 3 is 2.68 bits per heavy atom. The van der Waals surface area contributed by atoms with E-state index in [0.717, 1.165) is 12.8 Å². The van der Waals surface area contributed by atoms with Crippen molar-refractivity contribution >= 4 is 17.4 Å². The zero-order chi connectivity index (χ0) is 13.8. The van der Waals surface area contributed by atoms with Crippen LogP contribution in [-0.4, -0.2) is 25.5 Å². The largest absolute Gasteiger partial charge is 0.493 e. The van der Waals surface area contributed by atoms with Gasteiger partial charge in [0.15, 0.2) is 17.3 Å². The quantitative estimate of drug-likeness (QED) is 0.844. The minimum absolute atomic E-state index is 0.0533. The van der Waals surface area contributed by atoms with Crippen molar-refractivity contribution in [3.63, 3.8) is 0 Å². The van der Waals surface area contributed by atoms with Crippen LogP contribution in [0.25, 0.3) is 0 Å². The predicted octanol–water partition coefficient (Wildman–Crippen LogP) is 2.81. The number of methoxy groups -OCH3 is 1. The number of carbonyl (C=O) groups is 1. The molecule has 1 aliphatic rings. The van der Waals surface area contributed by atoms with Gasteiger partial charge in [-0.3, -0.25) is 4.79 Å². The van der Waals surface area contributed by atoms with E-state index in [4.69, 9.17) is 26.8 Å². The van der Waals surface area contributed by atoms with Crippen molar-refractivity contribution in [2.24, 2.45) is 5.73 Å². The zero-order valence-corrected chi connectivity index (χ0v) is 11.7. The third-order valence-electron chi connectivity index (χ3n) is 3.32. The van der Waals surface area contributed by atoms with Crippen LogP contribution in [0.3, 0.4) is 0 Å². The average Bonchev–Trinajstić information content (AvgIpc) is 2.92. The van der Waals surface area contributed by atoms with Gasteiger partial charge in [-0.2, -0.15) is 0 Å². The van der Waals surface area contributed by atoms with Crippen molar-refractivity contribution in [2.45, 2.75) is 31.8 Å². The Morgan fingerprint density at radius 2 is 2.11 bits per heavy atom. The molecule has 0 radical (unpaired) electrons. The summed E-state index contributed by atoms with van der Waals surface area (Å²) < 4.78 is 11.2. The van der Waals surface area contributed by atoms with E-state index in [-0.39, 0.29) is 18.4 Å². The second-order valence-electron chi connectivity index (χ2n) is 4.64. The van der Waals surface area contributed by atoms with E-state index in [1.807, 2.05) is 0 Å². The molecule has 0 aliphatic heterocycles. The Morgan fingerprint density at radius 1 is 1.42 bits per heavy atom. The lowest BCUT2D eigenvalue weighted by atomic mass is 10.1. The van der Waals surface area contributed by atoms with Crippen LogP contribution in [0.4, 0.5) is 0 Å². The van der Waals surface area contributed by atoms with Crippen molar-refractivity contribution in [1.29, 1.82) is 0 Å². The lowest BCUT2D eigenvalue weighted by Crippen LogP contribution is -2.15. The summed E-state index contributed by atoms with van der Waals surface area (Å²) in [6.45, 7) is -0.0533. The third kappa shape index (κ3) is 3.19. The van der Waals surface area contributed by atoms with E-state index in [1.165, 1.54) is 20.0 Å². The molecule has 2 rings (SSSR count). The maximum atomic E-state index is 11.6. The summed E-state index contributed by atoms with van der Waals surface area (Å²) in [5.41, 5.74) is 5.80. The summed E-state index contributed by atoms with van der Waals surface area (Å²) in [6, 6.07) is 3.22. The molecule has 19 heavy (non-hydrogen) atoms. The highest BCUT2D eigenvalue weighted by atomic mass is 35.5. The number of hydrogen-bond donors (Lipinski definition) is 1. The van der Waals surface area contributed by atoms with Gasteiger partial charge in [-0.05, 0) is 37.8 Å². The van der Waals surface area contributed by atoms with Gasteiger partial charge in [0, 0.05) is 5.56 Å². The molecule has 2 N–H and O–H groups in total. The molecule has 1 fully saturated rings. The highest BCUT2D eigenvalue weighted by molar-refractivity contribution is 6.32. The molecule has 1 aromatic rings. The molecular weight excluding hydrogens is 266 g/mol. The first-order chi connectivity index (χ1) is 9.15. The van der Waals surface area contributed by atoms with Gasteiger partial charge >= 0.3 is 0 Å². The van der Waals surface area contributed by atoms with Gasteiger partial charge in [-0.25, -0.2) is 0 Å². The number of nitrogens with two attached hydrogens (primary N) is 1. The predicted molar refractivity (Wildman–Crippen MR) is 74.3 cm³/mol. The average molecular weight is 284 g/mol. The number of halogens is 1. The SMILES string of the molecule is COc1cc(C(=O)CN)cc(Cl)c1OC1CCCC1. The molecule has 0 amide bonds. The van der Waals surface area contributed by atoms with E-state index in [0.29, 0.717) is 22.1 Å². The number of benzene rings is 1. The van der Waals surface area contributed by atoms with Crippen molar-refractivity contribution in [1.82, 2.24) is 0 Å². The number of ketones is 1. The second kappa shape index (κ2) is 6.26. The minimum Gasteiger partial charge on any atom is -0.493 e. The molecule has 0 aromatic heterocycles. The number of ether oxygens (including phenoxy) is 2. The van der Waals surface area contributed by atoms with E-state index in [9.17, 15) is 4.79 Å². The number of rotatable bonds is 5. The molecule has 1 saturated carbocycles. The summed E-state index contributed by atoms with van der Waals surface area (Å²) in [5, 5.41) is 0.392. The molecule has 5 heteroatoms. The third-order valence-corrected chi connectivity index (χ3v) is 3.60. The lowest BCUT2D eigenvalue weighted by Gasteiger charge is -2.17. The van der Waals surface area contributed by atoms with Crippen LogP contribution in [0, 0.1) is 0 Å². The highest BCUT2D eigenvalue weighted by Crippen LogP contribution is 2.39. The molecule has 0 heterocycles. The molecule has 0 spiro atoms. The van der Waals surface area contributed by atoms with Crippen molar-refractivity contribution in [3.8, 4) is 11.5 Å². The molecule has 0 unspecified atom stereocenters. The van der Waals surface area contributed by atoms with Crippen LogP contribution in [0.1, 0.15) is 36.0 Å². The molecule has 1 aliphatic carbocycles. The van der Waals surface area contributed by atoms with Crippen LogP contribution in [0.5, 0.6) is 11.5 Å². The first-order valence-corrected chi connectivity index (χ1v) is 6.81. The molecule has 1 aromatic carbocycles. The number of Topliss-reactive ketones (excluding diaryl/α,β-unsaturated/α-hetero) is 1. The molecule has 0 atom stereocenters. The Balaban J connectivity index is 2.29. The smallest absolute Gasteiger partial charge is 0.180 e. The normalized spacial score (nSPS) is 15.5. The van der Waals surface area contributed by atoms with Crippen molar-refractivity contribution in [2.75, 3.05) is 13.7 Å². The molecular formula is C14H18ClNO3. The summed E-state index contributed by atoms with van der Waals surface area (Å²) in [5.74, 6) is 0.827. The number of hydrogen-bond acceptors (Lipinski definition) is 4. The lowest BCUT2D eigenvalue weighted by molar-refractivity contribution is 0.100. The summed E-state index contributed by atoms with van der Waals surface area (Å²) >= 11 is 6.19. The molecule has 0 saturated heterocycles. The Labute approximate surface area is 117 Å². The monoisotopic (exact) mass is 283 g/mol. The highest BCUT2D eigenvalue weighted by Gasteiger charge is 2.21. The van der Waals surface area contributed by atoms with E-state index < -0.39 is 0 Å². The van der Waals surface area contributed by atoms with Crippen molar-refractivity contribution < 1.29 is 14.3 Å². The van der Waals surface area contributed by atoms with Gasteiger partial charge in [0.25, 0.3) is 0 Å². The molecule has 0 bridgehead atoms. The Hall–Kier alpha value is -1.26. The fourth-order valence-corrected chi connectivity index (χ4v) is 2.54. The van der Waals surface area contributed by atoms with Crippen LogP contribution in [-0.2, 0) is 0 Å². The molecule has 4 nitrogen and oxygen atoms in total. The maximum Gasteiger partial charge on any atom is 0.180 e. The van der Waals surface area contributed by atoms with Gasteiger partial charge in [-0.15, -0.1) is 0 Å². The van der Waals surface area contributed by atoms with E-state index >= 15 is 0 Å². The van der Waals surface area contributed by atoms with Gasteiger partial charge in [0.05, 0.1) is 24.8 Å². The Bertz CT molecular complexity index is 470. The van der Waals surface area contributed by atoms with Crippen LogP contribution in [0.15, 0.2) is 12.1 Å². The topological polar surface area (TPSA) is 61.5 Å². The second-order valence-corrected chi connectivity index (χ2v) is 5.05. The fourth-order valence-electron chi connectivity index (χ4n) is 2.29. The Kier molecular flexibility index (Phi) is 4.66. The minimum atomic E-state index is -0.174. The molecule has 104 valence electrons. The van der Waals surface area contributed by atoms with Gasteiger partial charge < -0.3 is 15.2 Å². The first-order valence-electron chi connectivity index (χ1n) is 6.43. The summed E-state index contributed by atoms with van der Waals surface area (Å²) in [6.07, 6.45) is 4.59. The van der Waals surface area contributed by atoms with Gasteiger partial charge in [0.1, 0.15) is 0 Å². The van der Waals surface area contributed by atoms with Crippen LogP contribution < -0.4 is 15.2 Å². The van der Waals surface area contributed by atoms with E-state index in [1.54, 1.807) is 12.1 Å². The zero-order valence-electron chi connectivity index (χ0n) is 10.9. The van der Waals surface area contributed by atoms with Gasteiger partial charge in [-0.1, -0.05) is 11.6 Å². The standard InChI is InChI=1S/C14H18ClNO3/c1-18-13-7-9(12(17)8-16)6-11(15)14(13)19-10-4-2-3-5-10/h6-7,10H,2-5,8,16H2,1H3. The van der Waals surface area contributed by atoms with Crippen molar-refractivity contribution in [3.05, 3.63) is 22.7 Å². The van der Waals surface area contributed by atoms with E-state index in [2.05, 4.69) is 0 Å². The number of carbonyl (C=O) groups excluding carboxylic acids is 1. The summed E-state index contributed by atoms with van der Waals surface area (Å²) in [7, 11) is 1.53.